The number of aliphatic hydroxyl groups is 1. The van der Waals surface area contributed by atoms with E-state index in [2.05, 4.69) is 9.97 Å². The first-order valence-electron chi connectivity index (χ1n) is 13.8. The number of halogens is 2. The number of pyridine rings is 1. The average Bonchev–Trinajstić information content (AvgIpc) is 3.51. The highest BCUT2D eigenvalue weighted by Gasteiger charge is 2.52. The van der Waals surface area contributed by atoms with Crippen molar-refractivity contribution in [3.05, 3.63) is 88.8 Å². The third-order valence-corrected chi connectivity index (χ3v) is 10.4. The van der Waals surface area contributed by atoms with E-state index in [0.29, 0.717) is 28.8 Å². The molecular weight excluding hydrogens is 611 g/mol. The summed E-state index contributed by atoms with van der Waals surface area (Å²) in [4.78, 5) is 26.2. The molecule has 13 heteroatoms. The predicted octanol–water partition coefficient (Wildman–Crippen LogP) is 4.53. The molecular formula is C30H30Cl2N6O4S. The van der Waals surface area contributed by atoms with Crippen molar-refractivity contribution < 1.29 is 18.3 Å². The van der Waals surface area contributed by atoms with E-state index in [1.807, 2.05) is 36.4 Å². The van der Waals surface area contributed by atoms with Crippen LogP contribution in [0.4, 0.5) is 11.6 Å². The van der Waals surface area contributed by atoms with Crippen LogP contribution in [0.5, 0.6) is 0 Å². The van der Waals surface area contributed by atoms with Crippen LogP contribution in [-0.4, -0.2) is 75.6 Å². The van der Waals surface area contributed by atoms with Crippen molar-refractivity contribution in [2.45, 2.75) is 37.1 Å². The van der Waals surface area contributed by atoms with Crippen molar-refractivity contribution in [3.63, 3.8) is 0 Å². The fourth-order valence-electron chi connectivity index (χ4n) is 5.81. The normalized spacial score (nSPS) is 20.4. The molecule has 2 aromatic heterocycles. The van der Waals surface area contributed by atoms with Crippen molar-refractivity contribution in [3.8, 4) is 11.1 Å². The molecule has 0 bridgehead atoms. The fourth-order valence-corrected chi connectivity index (χ4v) is 7.93. The number of benzene rings is 2. The Morgan fingerprint density at radius 1 is 0.977 bits per heavy atom. The van der Waals surface area contributed by atoms with Crippen LogP contribution in [0.15, 0.2) is 78.2 Å². The van der Waals surface area contributed by atoms with Crippen molar-refractivity contribution >= 4 is 50.8 Å². The molecule has 4 aromatic rings. The minimum atomic E-state index is -4.06. The molecule has 0 saturated carbocycles. The Kier molecular flexibility index (Phi) is 7.82. The Morgan fingerprint density at radius 2 is 1.65 bits per heavy atom. The third kappa shape index (κ3) is 5.34. The summed E-state index contributed by atoms with van der Waals surface area (Å²) in [5.74, 6) is -0.195. The van der Waals surface area contributed by atoms with E-state index >= 15 is 0 Å². The molecule has 4 heterocycles. The molecule has 0 aliphatic carbocycles. The Labute approximate surface area is 260 Å². The van der Waals surface area contributed by atoms with Crippen LogP contribution in [0.1, 0.15) is 19.4 Å². The van der Waals surface area contributed by atoms with E-state index < -0.39 is 21.8 Å². The van der Waals surface area contributed by atoms with Crippen molar-refractivity contribution in [1.82, 2.24) is 23.7 Å². The molecule has 2 atom stereocenters. The van der Waals surface area contributed by atoms with Crippen LogP contribution in [0.25, 0.3) is 11.1 Å². The van der Waals surface area contributed by atoms with E-state index in [1.54, 1.807) is 49.3 Å². The molecule has 43 heavy (non-hydrogen) atoms. The summed E-state index contributed by atoms with van der Waals surface area (Å²) in [5, 5.41) is 10.5. The number of sulfonamides is 1. The standard InChI is InChI=1S/C30H30Cl2N6O4S/c1-20(39)35-10-12-36(13-11-35)43(41,42)27-19-34-29-37(26-15-24(31)14-25(32)16-26)28(40)30(2,38(27)29)17-21-5-7-22(8-6-21)23-4-3-9-33-18-23/h3-9,14-16,18-20,39H,10-13,17H2,1-2H3/t20?,30-/m1/s1. The van der Waals surface area contributed by atoms with Crippen molar-refractivity contribution in [1.29, 1.82) is 0 Å². The lowest BCUT2D eigenvalue weighted by Crippen LogP contribution is -2.51. The van der Waals surface area contributed by atoms with Gasteiger partial charge in [-0.25, -0.2) is 18.3 Å². The topological polar surface area (TPSA) is 112 Å². The summed E-state index contributed by atoms with van der Waals surface area (Å²) in [5.41, 5.74) is 1.81. The number of aromatic nitrogens is 3. The minimum absolute atomic E-state index is 0.0774. The molecule has 0 spiro atoms. The van der Waals surface area contributed by atoms with Gasteiger partial charge >= 0.3 is 0 Å². The number of amides is 1. The molecule has 2 aromatic carbocycles. The summed E-state index contributed by atoms with van der Waals surface area (Å²) in [6.07, 6.45) is 4.32. The number of hydrogen-bond donors (Lipinski definition) is 1. The lowest BCUT2D eigenvalue weighted by Gasteiger charge is -2.35. The number of carbonyl (C=O) groups excluding carboxylic acids is 1. The average molecular weight is 642 g/mol. The lowest BCUT2D eigenvalue weighted by molar-refractivity contribution is -0.124. The third-order valence-electron chi connectivity index (χ3n) is 8.08. The maximum Gasteiger partial charge on any atom is 0.260 e. The van der Waals surface area contributed by atoms with E-state index in [4.69, 9.17) is 23.2 Å². The molecule has 2 aliphatic rings. The molecule has 1 N–H and O–H groups in total. The van der Waals surface area contributed by atoms with Gasteiger partial charge in [0.05, 0.1) is 11.9 Å². The molecule has 0 radical (unpaired) electrons. The number of rotatable bonds is 7. The van der Waals surface area contributed by atoms with Gasteiger partial charge in [0.2, 0.25) is 5.95 Å². The van der Waals surface area contributed by atoms with E-state index in [1.165, 1.54) is 20.0 Å². The number of anilines is 2. The zero-order valence-corrected chi connectivity index (χ0v) is 25.9. The summed E-state index contributed by atoms with van der Waals surface area (Å²) >= 11 is 12.6. The van der Waals surface area contributed by atoms with Crippen molar-refractivity contribution in [2.75, 3.05) is 31.1 Å². The number of piperazine rings is 1. The molecule has 1 fully saturated rings. The molecule has 10 nitrogen and oxygen atoms in total. The number of aliphatic hydroxyl groups excluding tert-OH is 1. The maximum atomic E-state index is 14.4. The summed E-state index contributed by atoms with van der Waals surface area (Å²) < 4.78 is 31.1. The quantitative estimate of drug-likeness (QED) is 0.316. The van der Waals surface area contributed by atoms with Gasteiger partial charge in [-0.3, -0.25) is 19.2 Å². The van der Waals surface area contributed by atoms with Crippen LogP contribution in [0.2, 0.25) is 10.0 Å². The molecule has 6 rings (SSSR count). The second-order valence-electron chi connectivity index (χ2n) is 11.0. The van der Waals surface area contributed by atoms with Gasteiger partial charge in [-0.15, -0.1) is 0 Å². The smallest absolute Gasteiger partial charge is 0.260 e. The van der Waals surface area contributed by atoms with Gasteiger partial charge in [-0.2, -0.15) is 4.31 Å². The highest BCUT2D eigenvalue weighted by molar-refractivity contribution is 7.89. The first-order chi connectivity index (χ1) is 20.5. The van der Waals surface area contributed by atoms with Crippen LogP contribution in [0.3, 0.4) is 0 Å². The zero-order chi connectivity index (χ0) is 30.5. The largest absolute Gasteiger partial charge is 0.379 e. The zero-order valence-electron chi connectivity index (χ0n) is 23.6. The van der Waals surface area contributed by atoms with Gasteiger partial charge in [0.15, 0.2) is 5.03 Å². The molecule has 2 aliphatic heterocycles. The number of nitrogens with zero attached hydrogens (tertiary/aromatic N) is 6. The van der Waals surface area contributed by atoms with Gasteiger partial charge in [-0.1, -0.05) is 53.5 Å². The van der Waals surface area contributed by atoms with Gasteiger partial charge in [-0.05, 0) is 54.8 Å². The Balaban J connectivity index is 1.42. The van der Waals surface area contributed by atoms with Gasteiger partial charge in [0, 0.05) is 55.0 Å². The summed E-state index contributed by atoms with van der Waals surface area (Å²) in [7, 11) is -4.06. The Morgan fingerprint density at radius 3 is 2.26 bits per heavy atom. The lowest BCUT2D eigenvalue weighted by atomic mass is 9.91. The maximum absolute atomic E-state index is 14.4. The van der Waals surface area contributed by atoms with E-state index in [-0.39, 0.29) is 36.4 Å². The highest BCUT2D eigenvalue weighted by atomic mass is 35.5. The van der Waals surface area contributed by atoms with Crippen LogP contribution in [0, 0.1) is 0 Å². The van der Waals surface area contributed by atoms with Gasteiger partial charge in [0.1, 0.15) is 11.8 Å². The number of hydrogen-bond acceptors (Lipinski definition) is 7. The predicted molar refractivity (Wildman–Crippen MR) is 165 cm³/mol. The van der Waals surface area contributed by atoms with E-state index in [9.17, 15) is 18.3 Å². The van der Waals surface area contributed by atoms with Crippen LogP contribution < -0.4 is 4.90 Å². The number of imidazole rings is 1. The number of fused-ring (bicyclic) bond motifs is 1. The summed E-state index contributed by atoms with van der Waals surface area (Å²) in [6, 6.07) is 16.4. The second-order valence-corrected chi connectivity index (χ2v) is 13.7. The monoisotopic (exact) mass is 640 g/mol. The Bertz CT molecular complexity index is 1750. The number of carbonyl (C=O) groups is 1. The van der Waals surface area contributed by atoms with Gasteiger partial charge in [0.25, 0.3) is 15.9 Å². The van der Waals surface area contributed by atoms with Gasteiger partial charge < -0.3 is 5.11 Å². The highest BCUT2D eigenvalue weighted by Crippen LogP contribution is 2.45. The van der Waals surface area contributed by atoms with Crippen LogP contribution >= 0.6 is 23.2 Å². The second kappa shape index (κ2) is 11.3. The molecule has 1 unspecified atom stereocenters. The first-order valence-corrected chi connectivity index (χ1v) is 16.0. The molecule has 224 valence electrons. The molecule has 1 saturated heterocycles. The fraction of sp³-hybridized carbons (Fsp3) is 0.300. The molecule has 1 amide bonds. The van der Waals surface area contributed by atoms with Crippen molar-refractivity contribution in [2.24, 2.45) is 0 Å². The SMILES string of the molecule is CC(O)N1CCN(S(=O)(=O)c2cnc3n2[C@](C)(Cc2ccc(-c4cccnc4)cc2)C(=O)N3c2cc(Cl)cc(Cl)c2)CC1. The first kappa shape index (κ1) is 29.7. The minimum Gasteiger partial charge on any atom is -0.379 e. The van der Waals surface area contributed by atoms with Crippen LogP contribution in [-0.2, 0) is 26.8 Å². The summed E-state index contributed by atoms with van der Waals surface area (Å²) in [6.45, 7) is 4.54. The Hall–Kier alpha value is -3.32. The van der Waals surface area contributed by atoms with E-state index in [0.717, 1.165) is 16.7 Å².